The zero-order valence-electron chi connectivity index (χ0n) is 14.4. The number of hydrogen-bond donors (Lipinski definition) is 3. The van der Waals surface area contributed by atoms with E-state index < -0.39 is 11.7 Å². The molecule has 0 saturated heterocycles. The Morgan fingerprint density at radius 1 is 1.25 bits per heavy atom. The van der Waals surface area contributed by atoms with E-state index in [4.69, 9.17) is 10.5 Å². The van der Waals surface area contributed by atoms with Gasteiger partial charge in [0.05, 0.1) is 5.69 Å². The van der Waals surface area contributed by atoms with E-state index in [0.717, 1.165) is 22.4 Å². The molecule has 2 rings (SSSR count). The molecular formula is C17H23N5O2. The number of carbonyl (C=O) groups is 1. The average Bonchev–Trinajstić information content (AvgIpc) is 2.47. The van der Waals surface area contributed by atoms with Gasteiger partial charge >= 0.3 is 6.09 Å². The van der Waals surface area contributed by atoms with Crippen molar-refractivity contribution in [3.05, 3.63) is 41.7 Å². The number of anilines is 1. The van der Waals surface area contributed by atoms with Gasteiger partial charge < -0.3 is 10.5 Å². The molecule has 1 heterocycles. The van der Waals surface area contributed by atoms with Crippen LogP contribution in [0.2, 0.25) is 0 Å². The van der Waals surface area contributed by atoms with Crippen LogP contribution in [0.3, 0.4) is 0 Å². The lowest BCUT2D eigenvalue weighted by Crippen LogP contribution is -2.40. The van der Waals surface area contributed by atoms with Crippen LogP contribution in [-0.2, 0) is 11.3 Å². The molecule has 24 heavy (non-hydrogen) atoms. The molecule has 2 aromatic rings. The minimum absolute atomic E-state index is 0.435. The third-order valence-corrected chi connectivity index (χ3v) is 3.19. The summed E-state index contributed by atoms with van der Waals surface area (Å²) in [5.74, 6) is 0.435. The number of rotatable bonds is 4. The molecule has 1 aromatic carbocycles. The predicted molar refractivity (Wildman–Crippen MR) is 92.8 cm³/mol. The summed E-state index contributed by atoms with van der Waals surface area (Å²) in [6, 6.07) is 7.69. The zero-order chi connectivity index (χ0) is 17.7. The molecule has 0 aliphatic rings. The summed E-state index contributed by atoms with van der Waals surface area (Å²) in [5, 5.41) is 0. The van der Waals surface area contributed by atoms with Gasteiger partial charge in [0.25, 0.3) is 0 Å². The maximum Gasteiger partial charge on any atom is 0.422 e. The van der Waals surface area contributed by atoms with Crippen LogP contribution < -0.4 is 16.6 Å². The number of nitrogen functional groups attached to an aromatic ring is 1. The Balaban J connectivity index is 1.97. The smallest absolute Gasteiger partial charge is 0.422 e. The van der Waals surface area contributed by atoms with Gasteiger partial charge in [0.15, 0.2) is 0 Å². The van der Waals surface area contributed by atoms with Crippen LogP contribution in [0.1, 0.15) is 31.9 Å². The molecule has 0 aliphatic carbocycles. The molecule has 7 nitrogen and oxygen atoms in total. The van der Waals surface area contributed by atoms with Crippen LogP contribution in [0.5, 0.6) is 0 Å². The summed E-state index contributed by atoms with van der Waals surface area (Å²) in [4.78, 5) is 19.7. The SMILES string of the molecule is Cc1cc(-c2cc(N)ncn2)ccc1CNNC(=O)OC(C)(C)C. The van der Waals surface area contributed by atoms with E-state index in [2.05, 4.69) is 20.8 Å². The van der Waals surface area contributed by atoms with E-state index in [0.29, 0.717) is 12.4 Å². The number of hydrazine groups is 1. The van der Waals surface area contributed by atoms with E-state index >= 15 is 0 Å². The largest absolute Gasteiger partial charge is 0.443 e. The van der Waals surface area contributed by atoms with Crippen molar-refractivity contribution in [3.63, 3.8) is 0 Å². The molecule has 0 atom stereocenters. The number of nitrogens with one attached hydrogen (secondary N) is 2. The van der Waals surface area contributed by atoms with Crippen molar-refractivity contribution in [2.45, 2.75) is 39.8 Å². The molecule has 0 saturated carbocycles. The van der Waals surface area contributed by atoms with Crippen molar-refractivity contribution < 1.29 is 9.53 Å². The van der Waals surface area contributed by atoms with Gasteiger partial charge in [-0.05, 0) is 44.9 Å². The van der Waals surface area contributed by atoms with Gasteiger partial charge in [-0.1, -0.05) is 12.1 Å². The summed E-state index contributed by atoms with van der Waals surface area (Å²) in [7, 11) is 0. The quantitative estimate of drug-likeness (QED) is 0.745. The lowest BCUT2D eigenvalue weighted by molar-refractivity contribution is 0.0497. The topological polar surface area (TPSA) is 102 Å². The second-order valence-corrected chi connectivity index (χ2v) is 6.45. The van der Waals surface area contributed by atoms with E-state index in [1.165, 1.54) is 6.33 Å². The standard InChI is InChI=1S/C17H23N5O2/c1-11-7-12(14-8-15(18)20-10-19-14)5-6-13(11)9-21-22-16(23)24-17(2,3)4/h5-8,10,21H,9H2,1-4H3,(H,22,23)(H2,18,19,20). The van der Waals surface area contributed by atoms with E-state index in [9.17, 15) is 4.79 Å². The first kappa shape index (κ1) is 17.7. The van der Waals surface area contributed by atoms with E-state index in [1.54, 1.807) is 6.07 Å². The molecule has 0 fully saturated rings. The predicted octanol–water partition coefficient (Wildman–Crippen LogP) is 2.56. The summed E-state index contributed by atoms with van der Waals surface area (Å²) in [6.07, 6.45) is 0.938. The fourth-order valence-electron chi connectivity index (χ4n) is 2.10. The second-order valence-electron chi connectivity index (χ2n) is 6.45. The highest BCUT2D eigenvalue weighted by atomic mass is 16.6. The molecule has 0 bridgehead atoms. The van der Waals surface area contributed by atoms with Crippen LogP contribution in [0.25, 0.3) is 11.3 Å². The highest BCUT2D eigenvalue weighted by molar-refractivity contribution is 5.67. The number of hydrogen-bond acceptors (Lipinski definition) is 6. The monoisotopic (exact) mass is 329 g/mol. The minimum Gasteiger partial charge on any atom is -0.443 e. The molecular weight excluding hydrogens is 306 g/mol. The van der Waals surface area contributed by atoms with Gasteiger partial charge in [0.2, 0.25) is 0 Å². The van der Waals surface area contributed by atoms with Crippen molar-refractivity contribution >= 4 is 11.9 Å². The number of ether oxygens (including phenoxy) is 1. The van der Waals surface area contributed by atoms with Gasteiger partial charge in [-0.3, -0.25) is 5.43 Å². The van der Waals surface area contributed by atoms with Gasteiger partial charge in [0, 0.05) is 18.2 Å². The van der Waals surface area contributed by atoms with Crippen molar-refractivity contribution in [1.29, 1.82) is 0 Å². The molecule has 0 unspecified atom stereocenters. The van der Waals surface area contributed by atoms with Gasteiger partial charge in [-0.2, -0.15) is 0 Å². The molecule has 0 aliphatic heterocycles. The fraction of sp³-hybridized carbons (Fsp3) is 0.353. The zero-order valence-corrected chi connectivity index (χ0v) is 14.4. The minimum atomic E-state index is -0.525. The Labute approximate surface area is 141 Å². The first-order chi connectivity index (χ1) is 11.2. The Bertz CT molecular complexity index is 725. The van der Waals surface area contributed by atoms with Crippen molar-refractivity contribution in [3.8, 4) is 11.3 Å². The Kier molecular flexibility index (Phi) is 5.35. The van der Waals surface area contributed by atoms with E-state index in [-0.39, 0.29) is 0 Å². The first-order valence-electron chi connectivity index (χ1n) is 7.64. The highest BCUT2D eigenvalue weighted by Gasteiger charge is 2.15. The lowest BCUT2D eigenvalue weighted by atomic mass is 10.0. The number of aryl methyl sites for hydroxylation is 1. The summed E-state index contributed by atoms with van der Waals surface area (Å²) in [6.45, 7) is 7.93. The van der Waals surface area contributed by atoms with Gasteiger partial charge in [0.1, 0.15) is 17.7 Å². The third-order valence-electron chi connectivity index (χ3n) is 3.19. The summed E-state index contributed by atoms with van der Waals surface area (Å²) in [5.41, 5.74) is 14.4. The molecule has 1 aromatic heterocycles. The van der Waals surface area contributed by atoms with Crippen molar-refractivity contribution in [2.75, 3.05) is 5.73 Å². The van der Waals surface area contributed by atoms with Crippen molar-refractivity contribution in [1.82, 2.24) is 20.8 Å². The number of aromatic nitrogens is 2. The molecule has 7 heteroatoms. The number of amides is 1. The summed E-state index contributed by atoms with van der Waals surface area (Å²) < 4.78 is 5.16. The number of nitrogens with zero attached hydrogens (tertiary/aromatic N) is 2. The molecule has 1 amide bonds. The molecule has 0 spiro atoms. The fourth-order valence-corrected chi connectivity index (χ4v) is 2.10. The van der Waals surface area contributed by atoms with Gasteiger partial charge in [-0.25, -0.2) is 20.2 Å². The Morgan fingerprint density at radius 3 is 2.62 bits per heavy atom. The van der Waals surface area contributed by atoms with Gasteiger partial charge in [-0.15, -0.1) is 0 Å². The maximum atomic E-state index is 11.6. The number of carbonyl (C=O) groups excluding carboxylic acids is 1. The molecule has 4 N–H and O–H groups in total. The Hall–Kier alpha value is -2.67. The van der Waals surface area contributed by atoms with Crippen LogP contribution >= 0.6 is 0 Å². The summed E-state index contributed by atoms with van der Waals surface area (Å²) >= 11 is 0. The van der Waals surface area contributed by atoms with Crippen LogP contribution in [0.4, 0.5) is 10.6 Å². The molecule has 0 radical (unpaired) electrons. The molecule has 128 valence electrons. The lowest BCUT2D eigenvalue weighted by Gasteiger charge is -2.20. The number of benzene rings is 1. The Morgan fingerprint density at radius 2 is 2.00 bits per heavy atom. The van der Waals surface area contributed by atoms with Crippen molar-refractivity contribution in [2.24, 2.45) is 0 Å². The first-order valence-corrected chi connectivity index (χ1v) is 7.64. The van der Waals surface area contributed by atoms with Crippen LogP contribution in [0, 0.1) is 6.92 Å². The maximum absolute atomic E-state index is 11.6. The van der Waals surface area contributed by atoms with Crippen LogP contribution in [-0.4, -0.2) is 21.7 Å². The van der Waals surface area contributed by atoms with Crippen LogP contribution in [0.15, 0.2) is 30.6 Å². The normalized spacial score (nSPS) is 11.2. The number of nitrogens with two attached hydrogens (primary N) is 1. The van der Waals surface area contributed by atoms with E-state index in [1.807, 2.05) is 45.9 Å². The second kappa shape index (κ2) is 7.27. The highest BCUT2D eigenvalue weighted by Crippen LogP contribution is 2.21. The average molecular weight is 329 g/mol. The third kappa shape index (κ3) is 5.20.